The number of benzene rings is 1. The molecule has 2 aromatic rings. The molecular weight excluding hydrogens is 262 g/mol. The van der Waals surface area contributed by atoms with Gasteiger partial charge in [-0.15, -0.1) is 0 Å². The lowest BCUT2D eigenvalue weighted by Gasteiger charge is -2.17. The van der Waals surface area contributed by atoms with E-state index in [0.717, 1.165) is 50.4 Å². The molecule has 21 heavy (non-hydrogen) atoms. The Balaban J connectivity index is 2.17. The van der Waals surface area contributed by atoms with Gasteiger partial charge in [0, 0.05) is 25.6 Å². The standard InChI is InChI=1S/C17H27N3O/c1-4-10-20-16-9-7-6-8-15(16)19-17(20)12-14(18-3)13-21-11-5-2/h6-9,14,18H,4-5,10-13H2,1-3H3. The van der Waals surface area contributed by atoms with Crippen LogP contribution in [0.2, 0.25) is 0 Å². The maximum atomic E-state index is 5.68. The first kappa shape index (κ1) is 16.0. The minimum atomic E-state index is 0.309. The van der Waals surface area contributed by atoms with Gasteiger partial charge >= 0.3 is 0 Å². The molecule has 1 unspecified atom stereocenters. The van der Waals surface area contributed by atoms with Crippen LogP contribution in [-0.2, 0) is 17.7 Å². The number of rotatable bonds is 9. The Kier molecular flexibility index (Phi) is 6.21. The predicted octanol–water partition coefficient (Wildman–Crippen LogP) is 3.00. The number of nitrogens with zero attached hydrogens (tertiary/aromatic N) is 2. The van der Waals surface area contributed by atoms with Crippen molar-refractivity contribution in [3.63, 3.8) is 0 Å². The van der Waals surface area contributed by atoms with E-state index in [9.17, 15) is 0 Å². The molecular formula is C17H27N3O. The Morgan fingerprint density at radius 3 is 2.76 bits per heavy atom. The van der Waals surface area contributed by atoms with Crippen molar-refractivity contribution in [3.05, 3.63) is 30.1 Å². The second kappa shape index (κ2) is 8.15. The predicted molar refractivity (Wildman–Crippen MR) is 87.7 cm³/mol. The number of fused-ring (bicyclic) bond motifs is 1. The average molecular weight is 289 g/mol. The summed E-state index contributed by atoms with van der Waals surface area (Å²) in [5.74, 6) is 1.15. The van der Waals surface area contributed by atoms with E-state index < -0.39 is 0 Å². The summed E-state index contributed by atoms with van der Waals surface area (Å²) in [4.78, 5) is 4.81. The van der Waals surface area contributed by atoms with Crippen molar-refractivity contribution >= 4 is 11.0 Å². The first-order valence-electron chi connectivity index (χ1n) is 7.99. The van der Waals surface area contributed by atoms with Crippen LogP contribution in [0.3, 0.4) is 0 Å². The fourth-order valence-electron chi connectivity index (χ4n) is 2.59. The molecule has 0 aliphatic carbocycles. The fraction of sp³-hybridized carbons (Fsp3) is 0.588. The molecule has 0 saturated heterocycles. The number of hydrogen-bond donors (Lipinski definition) is 1. The number of aryl methyl sites for hydroxylation is 1. The summed E-state index contributed by atoms with van der Waals surface area (Å²) in [6.07, 6.45) is 3.07. The Hall–Kier alpha value is -1.39. The molecule has 1 heterocycles. The van der Waals surface area contributed by atoms with Gasteiger partial charge in [0.1, 0.15) is 5.82 Å². The Morgan fingerprint density at radius 2 is 2.05 bits per heavy atom. The average Bonchev–Trinajstić information content (AvgIpc) is 2.85. The minimum Gasteiger partial charge on any atom is -0.380 e. The van der Waals surface area contributed by atoms with E-state index in [1.54, 1.807) is 0 Å². The van der Waals surface area contributed by atoms with Crippen LogP contribution in [0.1, 0.15) is 32.5 Å². The molecule has 1 aromatic heterocycles. The van der Waals surface area contributed by atoms with Crippen molar-refractivity contribution in [2.24, 2.45) is 0 Å². The highest BCUT2D eigenvalue weighted by molar-refractivity contribution is 5.75. The maximum Gasteiger partial charge on any atom is 0.111 e. The number of likely N-dealkylation sites (N-methyl/N-ethyl adjacent to an activating group) is 1. The third-order valence-corrected chi connectivity index (χ3v) is 3.69. The number of aromatic nitrogens is 2. The zero-order chi connectivity index (χ0) is 15.1. The lowest BCUT2D eigenvalue weighted by Crippen LogP contribution is -2.33. The third kappa shape index (κ3) is 4.05. The number of hydrogen-bond acceptors (Lipinski definition) is 3. The van der Waals surface area contributed by atoms with Gasteiger partial charge in [-0.05, 0) is 32.0 Å². The smallest absolute Gasteiger partial charge is 0.111 e. The molecule has 4 nitrogen and oxygen atoms in total. The molecule has 1 aromatic carbocycles. The van der Waals surface area contributed by atoms with Gasteiger partial charge in [0.05, 0.1) is 17.6 Å². The molecule has 1 N–H and O–H groups in total. The summed E-state index contributed by atoms with van der Waals surface area (Å²) in [6, 6.07) is 8.69. The van der Waals surface area contributed by atoms with Crippen molar-refractivity contribution < 1.29 is 4.74 Å². The van der Waals surface area contributed by atoms with E-state index in [2.05, 4.69) is 48.0 Å². The van der Waals surface area contributed by atoms with Crippen LogP contribution in [-0.4, -0.2) is 35.9 Å². The van der Waals surface area contributed by atoms with Gasteiger partial charge in [-0.25, -0.2) is 4.98 Å². The zero-order valence-electron chi connectivity index (χ0n) is 13.4. The van der Waals surface area contributed by atoms with Crippen molar-refractivity contribution in [1.29, 1.82) is 0 Å². The van der Waals surface area contributed by atoms with Crippen LogP contribution in [0.25, 0.3) is 11.0 Å². The molecule has 0 radical (unpaired) electrons. The number of imidazole rings is 1. The van der Waals surface area contributed by atoms with Gasteiger partial charge in [-0.3, -0.25) is 0 Å². The van der Waals surface area contributed by atoms with E-state index in [1.165, 1.54) is 5.52 Å². The highest BCUT2D eigenvalue weighted by Crippen LogP contribution is 2.17. The van der Waals surface area contributed by atoms with Crippen LogP contribution in [0.15, 0.2) is 24.3 Å². The van der Waals surface area contributed by atoms with Crippen molar-refractivity contribution in [2.45, 2.75) is 45.7 Å². The van der Waals surface area contributed by atoms with Gasteiger partial charge in [-0.2, -0.15) is 0 Å². The molecule has 0 saturated carbocycles. The summed E-state index contributed by atoms with van der Waals surface area (Å²) in [6.45, 7) is 6.92. The van der Waals surface area contributed by atoms with Crippen molar-refractivity contribution in [3.8, 4) is 0 Å². The van der Waals surface area contributed by atoms with Crippen LogP contribution >= 0.6 is 0 Å². The Bertz CT molecular complexity index is 550. The van der Waals surface area contributed by atoms with E-state index in [4.69, 9.17) is 9.72 Å². The van der Waals surface area contributed by atoms with Gasteiger partial charge in [0.25, 0.3) is 0 Å². The molecule has 0 spiro atoms. The first-order chi connectivity index (χ1) is 10.3. The first-order valence-corrected chi connectivity index (χ1v) is 7.99. The van der Waals surface area contributed by atoms with Crippen molar-refractivity contribution in [2.75, 3.05) is 20.3 Å². The van der Waals surface area contributed by atoms with Crippen molar-refractivity contribution in [1.82, 2.24) is 14.9 Å². The second-order valence-corrected chi connectivity index (χ2v) is 5.43. The molecule has 4 heteroatoms. The van der Waals surface area contributed by atoms with Gasteiger partial charge < -0.3 is 14.6 Å². The molecule has 0 bridgehead atoms. The van der Waals surface area contributed by atoms with E-state index in [-0.39, 0.29) is 0 Å². The monoisotopic (exact) mass is 289 g/mol. The lowest BCUT2D eigenvalue weighted by molar-refractivity contribution is 0.113. The molecule has 0 fully saturated rings. The van der Waals surface area contributed by atoms with E-state index >= 15 is 0 Å². The normalized spacial score (nSPS) is 12.9. The molecule has 116 valence electrons. The van der Waals surface area contributed by atoms with Crippen LogP contribution in [0.5, 0.6) is 0 Å². The summed E-state index contributed by atoms with van der Waals surface area (Å²) in [5, 5.41) is 3.34. The lowest BCUT2D eigenvalue weighted by atomic mass is 10.2. The Labute approximate surface area is 127 Å². The summed E-state index contributed by atoms with van der Waals surface area (Å²) >= 11 is 0. The number of ether oxygens (including phenoxy) is 1. The maximum absolute atomic E-state index is 5.68. The van der Waals surface area contributed by atoms with E-state index in [0.29, 0.717) is 6.04 Å². The van der Waals surface area contributed by atoms with Gasteiger partial charge in [-0.1, -0.05) is 26.0 Å². The third-order valence-electron chi connectivity index (χ3n) is 3.69. The number of para-hydroxylation sites is 2. The van der Waals surface area contributed by atoms with Crippen LogP contribution in [0, 0.1) is 0 Å². The van der Waals surface area contributed by atoms with Crippen LogP contribution in [0.4, 0.5) is 0 Å². The largest absolute Gasteiger partial charge is 0.380 e. The molecule has 2 rings (SSSR count). The Morgan fingerprint density at radius 1 is 1.24 bits per heavy atom. The van der Waals surface area contributed by atoms with Gasteiger partial charge in [0.2, 0.25) is 0 Å². The zero-order valence-corrected chi connectivity index (χ0v) is 13.4. The molecule has 0 aliphatic rings. The summed E-state index contributed by atoms with van der Waals surface area (Å²) < 4.78 is 8.03. The highest BCUT2D eigenvalue weighted by atomic mass is 16.5. The summed E-state index contributed by atoms with van der Waals surface area (Å²) in [5.41, 5.74) is 2.32. The fourth-order valence-corrected chi connectivity index (χ4v) is 2.59. The molecule has 0 aliphatic heterocycles. The summed E-state index contributed by atoms with van der Waals surface area (Å²) in [7, 11) is 1.99. The topological polar surface area (TPSA) is 39.1 Å². The molecule has 1 atom stereocenters. The highest BCUT2D eigenvalue weighted by Gasteiger charge is 2.15. The van der Waals surface area contributed by atoms with Gasteiger partial charge in [0.15, 0.2) is 0 Å². The second-order valence-electron chi connectivity index (χ2n) is 5.43. The quantitative estimate of drug-likeness (QED) is 0.721. The minimum absolute atomic E-state index is 0.309. The van der Waals surface area contributed by atoms with E-state index in [1.807, 2.05) is 7.05 Å². The molecule has 0 amide bonds. The number of nitrogens with one attached hydrogen (secondary N) is 1. The van der Waals surface area contributed by atoms with Crippen LogP contribution < -0.4 is 5.32 Å². The SMILES string of the molecule is CCCOCC(Cc1nc2ccccc2n1CCC)NC.